The zero-order valence-corrected chi connectivity index (χ0v) is 14.6. The van der Waals surface area contributed by atoms with E-state index in [9.17, 15) is 4.79 Å². The molecule has 0 spiro atoms. The summed E-state index contributed by atoms with van der Waals surface area (Å²) in [5.41, 5.74) is 1.85. The highest BCUT2D eigenvalue weighted by atomic mass is 79.9. The van der Waals surface area contributed by atoms with Gasteiger partial charge in [-0.1, -0.05) is 36.7 Å². The van der Waals surface area contributed by atoms with Gasteiger partial charge in [-0.3, -0.25) is 4.79 Å². The number of anilines is 1. The van der Waals surface area contributed by atoms with Crippen LogP contribution in [-0.4, -0.2) is 31.4 Å². The van der Waals surface area contributed by atoms with Crippen molar-refractivity contribution in [3.05, 3.63) is 29.8 Å². The number of amides is 1. The van der Waals surface area contributed by atoms with Crippen molar-refractivity contribution in [1.82, 2.24) is 5.32 Å². The first-order valence-corrected chi connectivity index (χ1v) is 8.02. The normalized spacial score (nSPS) is 12.9. The van der Waals surface area contributed by atoms with E-state index in [2.05, 4.69) is 42.0 Å². The summed E-state index contributed by atoms with van der Waals surface area (Å²) in [5, 5.41) is 4.02. The third-order valence-corrected chi connectivity index (χ3v) is 3.85. The first-order chi connectivity index (χ1) is 9.25. The monoisotopic (exact) mass is 340 g/mol. The van der Waals surface area contributed by atoms with Crippen LogP contribution in [0, 0.1) is 5.41 Å². The van der Waals surface area contributed by atoms with Crippen molar-refractivity contribution >= 4 is 27.5 Å². The van der Waals surface area contributed by atoms with Gasteiger partial charge in [-0.15, -0.1) is 0 Å². The minimum atomic E-state index is -0.00354. The molecule has 4 heteroatoms. The summed E-state index contributed by atoms with van der Waals surface area (Å²) in [7, 11) is 3.97. The number of hydrogen-bond donors (Lipinski definition) is 1. The molecular formula is C16H25BrN2O. The van der Waals surface area contributed by atoms with Gasteiger partial charge in [0, 0.05) is 36.7 Å². The summed E-state index contributed by atoms with van der Waals surface area (Å²) in [6.45, 7) is 6.45. The molecule has 0 fully saturated rings. The van der Waals surface area contributed by atoms with Gasteiger partial charge in [0.1, 0.15) is 0 Å². The summed E-state index contributed by atoms with van der Waals surface area (Å²) in [4.78, 5) is 14.3. The molecule has 0 aliphatic rings. The van der Waals surface area contributed by atoms with Gasteiger partial charge in [0.15, 0.2) is 0 Å². The quantitative estimate of drug-likeness (QED) is 0.829. The Morgan fingerprint density at radius 2 is 1.80 bits per heavy atom. The second-order valence-electron chi connectivity index (χ2n) is 6.31. The van der Waals surface area contributed by atoms with Crippen LogP contribution in [0.2, 0.25) is 0 Å². The Labute approximate surface area is 130 Å². The molecule has 1 unspecified atom stereocenters. The number of halogens is 1. The molecule has 1 aromatic carbocycles. The largest absolute Gasteiger partial charge is 0.378 e. The Hall–Kier alpha value is -1.03. The van der Waals surface area contributed by atoms with Crippen LogP contribution in [0.25, 0.3) is 0 Å². The van der Waals surface area contributed by atoms with Crippen LogP contribution in [0.5, 0.6) is 0 Å². The fourth-order valence-electron chi connectivity index (χ4n) is 1.98. The van der Waals surface area contributed by atoms with Crippen LogP contribution in [0.15, 0.2) is 24.3 Å². The molecule has 0 bridgehead atoms. The van der Waals surface area contributed by atoms with E-state index >= 15 is 0 Å². The van der Waals surface area contributed by atoms with E-state index < -0.39 is 0 Å². The Bertz CT molecular complexity index is 435. The highest BCUT2D eigenvalue weighted by Crippen LogP contribution is 2.23. The summed E-state index contributed by atoms with van der Waals surface area (Å²) >= 11 is 3.46. The van der Waals surface area contributed by atoms with E-state index in [1.807, 2.05) is 43.3 Å². The van der Waals surface area contributed by atoms with Crippen molar-refractivity contribution < 1.29 is 4.79 Å². The van der Waals surface area contributed by atoms with Crippen LogP contribution in [-0.2, 0) is 0 Å². The highest BCUT2D eigenvalue weighted by Gasteiger charge is 2.25. The molecule has 20 heavy (non-hydrogen) atoms. The molecule has 3 nitrogen and oxygen atoms in total. The van der Waals surface area contributed by atoms with Crippen molar-refractivity contribution in [2.75, 3.05) is 24.3 Å². The molecule has 1 aromatic rings. The second-order valence-corrected chi connectivity index (χ2v) is 7.10. The van der Waals surface area contributed by atoms with Crippen LogP contribution in [0.4, 0.5) is 5.69 Å². The van der Waals surface area contributed by atoms with E-state index in [-0.39, 0.29) is 17.4 Å². The Morgan fingerprint density at radius 1 is 1.25 bits per heavy atom. The number of rotatable bonds is 5. The zero-order chi connectivity index (χ0) is 15.3. The average molecular weight is 341 g/mol. The molecule has 0 radical (unpaired) electrons. The number of nitrogens with zero attached hydrogens (tertiary/aromatic N) is 1. The SMILES string of the molecule is CN(C)c1ccc(C(=O)NC(CCBr)C(C)(C)C)cc1. The maximum absolute atomic E-state index is 12.3. The Balaban J connectivity index is 2.78. The first-order valence-electron chi connectivity index (χ1n) is 6.90. The Morgan fingerprint density at radius 3 is 2.20 bits per heavy atom. The number of nitrogens with one attached hydrogen (secondary N) is 1. The van der Waals surface area contributed by atoms with E-state index in [1.165, 1.54) is 0 Å². The standard InChI is InChI=1S/C16H25BrN2O/c1-16(2,3)14(10-11-17)18-15(20)12-6-8-13(9-7-12)19(4)5/h6-9,14H,10-11H2,1-5H3,(H,18,20). The number of carbonyl (C=O) groups is 1. The van der Waals surface area contributed by atoms with Gasteiger partial charge in [0.25, 0.3) is 5.91 Å². The molecule has 1 amide bonds. The van der Waals surface area contributed by atoms with E-state index in [4.69, 9.17) is 0 Å². The van der Waals surface area contributed by atoms with Crippen LogP contribution in [0.1, 0.15) is 37.6 Å². The maximum Gasteiger partial charge on any atom is 0.251 e. The predicted molar refractivity (Wildman–Crippen MR) is 89.9 cm³/mol. The highest BCUT2D eigenvalue weighted by molar-refractivity contribution is 9.09. The predicted octanol–water partition coefficient (Wildman–Crippen LogP) is 3.68. The van der Waals surface area contributed by atoms with Gasteiger partial charge in [-0.05, 0) is 36.1 Å². The van der Waals surface area contributed by atoms with E-state index in [1.54, 1.807) is 0 Å². The molecule has 0 aliphatic carbocycles. The maximum atomic E-state index is 12.3. The topological polar surface area (TPSA) is 32.3 Å². The number of benzene rings is 1. The number of carbonyl (C=O) groups excluding carboxylic acids is 1. The van der Waals surface area contributed by atoms with Crippen LogP contribution >= 0.6 is 15.9 Å². The van der Waals surface area contributed by atoms with Gasteiger partial charge >= 0.3 is 0 Å². The summed E-state index contributed by atoms with van der Waals surface area (Å²) in [6.07, 6.45) is 0.922. The average Bonchev–Trinajstić information content (AvgIpc) is 2.37. The van der Waals surface area contributed by atoms with Gasteiger partial charge < -0.3 is 10.2 Å². The number of alkyl halides is 1. The van der Waals surface area contributed by atoms with Gasteiger partial charge in [-0.25, -0.2) is 0 Å². The molecular weight excluding hydrogens is 316 g/mol. The lowest BCUT2D eigenvalue weighted by Gasteiger charge is -2.31. The smallest absolute Gasteiger partial charge is 0.251 e. The van der Waals surface area contributed by atoms with Gasteiger partial charge in [0.05, 0.1) is 0 Å². The van der Waals surface area contributed by atoms with E-state index in [0.717, 1.165) is 17.4 Å². The third-order valence-electron chi connectivity index (χ3n) is 3.39. The molecule has 1 N–H and O–H groups in total. The molecule has 0 saturated heterocycles. The fourth-order valence-corrected chi connectivity index (χ4v) is 2.44. The fraction of sp³-hybridized carbons (Fsp3) is 0.562. The third kappa shape index (κ3) is 4.82. The Kier molecular flexibility index (Phi) is 6.06. The van der Waals surface area contributed by atoms with Crippen molar-refractivity contribution in [2.45, 2.75) is 33.2 Å². The van der Waals surface area contributed by atoms with E-state index in [0.29, 0.717) is 5.56 Å². The van der Waals surface area contributed by atoms with Crippen LogP contribution in [0.3, 0.4) is 0 Å². The number of hydrogen-bond acceptors (Lipinski definition) is 2. The van der Waals surface area contributed by atoms with Crippen molar-refractivity contribution in [2.24, 2.45) is 5.41 Å². The van der Waals surface area contributed by atoms with Crippen molar-refractivity contribution in [1.29, 1.82) is 0 Å². The molecule has 0 heterocycles. The molecule has 0 saturated carbocycles. The lowest BCUT2D eigenvalue weighted by molar-refractivity contribution is 0.0901. The summed E-state index contributed by atoms with van der Waals surface area (Å²) in [5.74, 6) is -0.00354. The molecule has 1 atom stereocenters. The molecule has 112 valence electrons. The summed E-state index contributed by atoms with van der Waals surface area (Å²) < 4.78 is 0. The van der Waals surface area contributed by atoms with Gasteiger partial charge in [-0.2, -0.15) is 0 Å². The molecule has 1 rings (SSSR count). The zero-order valence-electron chi connectivity index (χ0n) is 13.0. The molecule has 0 aromatic heterocycles. The van der Waals surface area contributed by atoms with Gasteiger partial charge in [0.2, 0.25) is 0 Å². The summed E-state index contributed by atoms with van der Waals surface area (Å²) in [6, 6.07) is 7.83. The molecule has 0 aliphatic heterocycles. The first kappa shape index (κ1) is 17.0. The minimum Gasteiger partial charge on any atom is -0.378 e. The minimum absolute atomic E-state index is 0.00354. The lowest BCUT2D eigenvalue weighted by Crippen LogP contribution is -2.44. The van der Waals surface area contributed by atoms with Crippen LogP contribution < -0.4 is 10.2 Å². The van der Waals surface area contributed by atoms with Crippen molar-refractivity contribution in [3.63, 3.8) is 0 Å². The lowest BCUT2D eigenvalue weighted by atomic mass is 9.85. The van der Waals surface area contributed by atoms with Crippen molar-refractivity contribution in [3.8, 4) is 0 Å². The second kappa shape index (κ2) is 7.11.